The van der Waals surface area contributed by atoms with Crippen molar-refractivity contribution in [3.05, 3.63) is 29.8 Å². The second kappa shape index (κ2) is 7.81. The number of anilines is 1. The van der Waals surface area contributed by atoms with Crippen LogP contribution >= 0.6 is 0 Å². The monoisotopic (exact) mass is 290 g/mol. The van der Waals surface area contributed by atoms with Crippen molar-refractivity contribution in [3.63, 3.8) is 0 Å². The zero-order chi connectivity index (χ0) is 15.9. The van der Waals surface area contributed by atoms with Crippen molar-refractivity contribution in [3.8, 4) is 0 Å². The molecule has 0 aliphatic carbocycles. The Kier molecular flexibility index (Phi) is 6.40. The topological polar surface area (TPSA) is 58.2 Å². The molecule has 116 valence electrons. The lowest BCUT2D eigenvalue weighted by Crippen LogP contribution is -2.40. The maximum absolute atomic E-state index is 12.1. The van der Waals surface area contributed by atoms with Gasteiger partial charge in [0, 0.05) is 23.2 Å². The third-order valence-corrected chi connectivity index (χ3v) is 2.90. The number of rotatable bonds is 6. The first-order valence-electron chi connectivity index (χ1n) is 7.54. The van der Waals surface area contributed by atoms with Gasteiger partial charge in [-0.3, -0.25) is 9.59 Å². The Balaban J connectivity index is 2.64. The summed E-state index contributed by atoms with van der Waals surface area (Å²) < 4.78 is 0. The summed E-state index contributed by atoms with van der Waals surface area (Å²) in [7, 11) is 0. The molecule has 1 rings (SSSR count). The van der Waals surface area contributed by atoms with Gasteiger partial charge in [0.25, 0.3) is 5.91 Å². The molecule has 0 saturated carbocycles. The molecular weight excluding hydrogens is 264 g/mol. The summed E-state index contributed by atoms with van der Waals surface area (Å²) in [6, 6.07) is 7.03. The van der Waals surface area contributed by atoms with Crippen LogP contribution in [0.1, 0.15) is 63.7 Å². The lowest BCUT2D eigenvalue weighted by Gasteiger charge is -2.20. The normalized spacial score (nSPS) is 11.0. The number of amides is 2. The van der Waals surface area contributed by atoms with Crippen molar-refractivity contribution >= 4 is 17.5 Å². The Morgan fingerprint density at radius 2 is 1.86 bits per heavy atom. The molecular formula is C17H26N2O2. The van der Waals surface area contributed by atoms with Crippen LogP contribution in [0.3, 0.4) is 0 Å². The van der Waals surface area contributed by atoms with Gasteiger partial charge in [-0.05, 0) is 45.4 Å². The van der Waals surface area contributed by atoms with E-state index in [4.69, 9.17) is 0 Å². The lowest BCUT2D eigenvalue weighted by molar-refractivity contribution is -0.116. The first-order valence-corrected chi connectivity index (χ1v) is 7.54. The van der Waals surface area contributed by atoms with Gasteiger partial charge in [0.05, 0.1) is 0 Å². The molecule has 0 saturated heterocycles. The van der Waals surface area contributed by atoms with Crippen LogP contribution in [-0.2, 0) is 4.79 Å². The summed E-state index contributed by atoms with van der Waals surface area (Å²) >= 11 is 0. The fourth-order valence-corrected chi connectivity index (χ4v) is 1.91. The molecule has 2 amide bonds. The highest BCUT2D eigenvalue weighted by molar-refractivity contribution is 5.97. The van der Waals surface area contributed by atoms with Gasteiger partial charge in [0.2, 0.25) is 5.91 Å². The SMILES string of the molecule is CCCCCC(=O)Nc1cccc(C(=O)NC(C)(C)C)c1. The highest BCUT2D eigenvalue weighted by Crippen LogP contribution is 2.13. The Labute approximate surface area is 127 Å². The van der Waals surface area contributed by atoms with Crippen molar-refractivity contribution in [2.24, 2.45) is 0 Å². The fourth-order valence-electron chi connectivity index (χ4n) is 1.91. The van der Waals surface area contributed by atoms with Gasteiger partial charge in [-0.25, -0.2) is 0 Å². The van der Waals surface area contributed by atoms with Crippen LogP contribution in [0.5, 0.6) is 0 Å². The maximum Gasteiger partial charge on any atom is 0.251 e. The molecule has 0 spiro atoms. The van der Waals surface area contributed by atoms with Gasteiger partial charge in [0.15, 0.2) is 0 Å². The Hall–Kier alpha value is -1.84. The molecule has 0 bridgehead atoms. The van der Waals surface area contributed by atoms with E-state index < -0.39 is 0 Å². The quantitative estimate of drug-likeness (QED) is 0.784. The van der Waals surface area contributed by atoms with Crippen LogP contribution in [0.15, 0.2) is 24.3 Å². The van der Waals surface area contributed by atoms with Gasteiger partial charge in [-0.1, -0.05) is 25.8 Å². The zero-order valence-electron chi connectivity index (χ0n) is 13.5. The summed E-state index contributed by atoms with van der Waals surface area (Å²) in [6.45, 7) is 7.91. The van der Waals surface area contributed by atoms with Crippen LogP contribution in [0.2, 0.25) is 0 Å². The number of carbonyl (C=O) groups excluding carboxylic acids is 2. The van der Waals surface area contributed by atoms with Gasteiger partial charge in [-0.15, -0.1) is 0 Å². The van der Waals surface area contributed by atoms with Crippen molar-refractivity contribution in [1.29, 1.82) is 0 Å². The van der Waals surface area contributed by atoms with Crippen LogP contribution < -0.4 is 10.6 Å². The first-order chi connectivity index (χ1) is 9.81. The van der Waals surface area contributed by atoms with E-state index in [1.807, 2.05) is 20.8 Å². The molecule has 0 atom stereocenters. The fraction of sp³-hybridized carbons (Fsp3) is 0.529. The molecule has 4 nitrogen and oxygen atoms in total. The van der Waals surface area contributed by atoms with E-state index in [0.29, 0.717) is 17.7 Å². The largest absolute Gasteiger partial charge is 0.347 e. The summed E-state index contributed by atoms with van der Waals surface area (Å²) in [5, 5.41) is 5.75. The number of unbranched alkanes of at least 4 members (excludes halogenated alkanes) is 2. The van der Waals surface area contributed by atoms with Gasteiger partial charge >= 0.3 is 0 Å². The van der Waals surface area contributed by atoms with E-state index in [0.717, 1.165) is 19.3 Å². The second-order valence-electron chi connectivity index (χ2n) is 6.29. The zero-order valence-corrected chi connectivity index (χ0v) is 13.5. The molecule has 21 heavy (non-hydrogen) atoms. The predicted molar refractivity (Wildman–Crippen MR) is 86.4 cm³/mol. The van der Waals surface area contributed by atoms with E-state index in [1.165, 1.54) is 0 Å². The number of hydrogen-bond donors (Lipinski definition) is 2. The molecule has 0 radical (unpaired) electrons. The molecule has 0 fully saturated rings. The van der Waals surface area contributed by atoms with Crippen LogP contribution in [0.4, 0.5) is 5.69 Å². The minimum atomic E-state index is -0.281. The number of benzene rings is 1. The van der Waals surface area contributed by atoms with E-state index in [9.17, 15) is 9.59 Å². The third-order valence-electron chi connectivity index (χ3n) is 2.90. The average Bonchev–Trinajstić information content (AvgIpc) is 2.37. The van der Waals surface area contributed by atoms with Crippen LogP contribution in [-0.4, -0.2) is 17.4 Å². The highest BCUT2D eigenvalue weighted by atomic mass is 16.2. The van der Waals surface area contributed by atoms with E-state index in [-0.39, 0.29) is 17.4 Å². The van der Waals surface area contributed by atoms with Gasteiger partial charge in [0.1, 0.15) is 0 Å². The highest BCUT2D eigenvalue weighted by Gasteiger charge is 2.15. The Morgan fingerprint density at radius 1 is 1.14 bits per heavy atom. The van der Waals surface area contributed by atoms with Crippen molar-refractivity contribution in [2.45, 2.75) is 58.9 Å². The van der Waals surface area contributed by atoms with Crippen LogP contribution in [0, 0.1) is 0 Å². The first kappa shape index (κ1) is 17.2. The summed E-state index contributed by atoms with van der Waals surface area (Å²) in [5.41, 5.74) is 0.936. The molecule has 1 aromatic rings. The van der Waals surface area contributed by atoms with Gasteiger partial charge in [-0.2, -0.15) is 0 Å². The maximum atomic E-state index is 12.1. The number of nitrogens with one attached hydrogen (secondary N) is 2. The molecule has 4 heteroatoms. The van der Waals surface area contributed by atoms with E-state index in [1.54, 1.807) is 24.3 Å². The summed E-state index contributed by atoms with van der Waals surface area (Å²) in [5.74, 6) is -0.138. The number of carbonyl (C=O) groups is 2. The molecule has 0 heterocycles. The molecule has 0 aromatic heterocycles. The van der Waals surface area contributed by atoms with Crippen molar-refractivity contribution in [2.75, 3.05) is 5.32 Å². The molecule has 0 aliphatic rings. The molecule has 1 aromatic carbocycles. The van der Waals surface area contributed by atoms with Gasteiger partial charge < -0.3 is 10.6 Å². The Morgan fingerprint density at radius 3 is 2.48 bits per heavy atom. The summed E-state index contributed by atoms with van der Waals surface area (Å²) in [6.07, 6.45) is 3.57. The third kappa shape index (κ3) is 6.93. The molecule has 2 N–H and O–H groups in total. The predicted octanol–water partition coefficient (Wildman–Crippen LogP) is 3.73. The number of hydrogen-bond acceptors (Lipinski definition) is 2. The smallest absolute Gasteiger partial charge is 0.251 e. The van der Waals surface area contributed by atoms with Crippen molar-refractivity contribution in [1.82, 2.24) is 5.32 Å². The van der Waals surface area contributed by atoms with E-state index in [2.05, 4.69) is 17.6 Å². The second-order valence-corrected chi connectivity index (χ2v) is 6.29. The average molecular weight is 290 g/mol. The molecule has 0 unspecified atom stereocenters. The summed E-state index contributed by atoms with van der Waals surface area (Å²) in [4.78, 5) is 23.9. The lowest BCUT2D eigenvalue weighted by atomic mass is 10.1. The standard InChI is InChI=1S/C17H26N2O2/c1-5-6-7-11-15(20)18-14-10-8-9-13(12-14)16(21)19-17(2,3)4/h8-10,12H,5-7,11H2,1-4H3,(H,18,20)(H,19,21). The minimum absolute atomic E-state index is 0.00294. The minimum Gasteiger partial charge on any atom is -0.347 e. The molecule has 0 aliphatic heterocycles. The Bertz CT molecular complexity index is 490. The van der Waals surface area contributed by atoms with E-state index >= 15 is 0 Å². The van der Waals surface area contributed by atoms with Crippen LogP contribution in [0.25, 0.3) is 0 Å². The van der Waals surface area contributed by atoms with Crippen molar-refractivity contribution < 1.29 is 9.59 Å².